The van der Waals surface area contributed by atoms with E-state index < -0.39 is 11.7 Å². The lowest BCUT2D eigenvalue weighted by Crippen LogP contribution is -2.35. The zero-order valence-electron chi connectivity index (χ0n) is 18.2. The number of nitrogens with zero attached hydrogens (tertiary/aromatic N) is 3. The summed E-state index contributed by atoms with van der Waals surface area (Å²) in [5, 5.41) is 12.5. The molecule has 2 aromatic heterocycles. The van der Waals surface area contributed by atoms with Crippen LogP contribution in [0.5, 0.6) is 0 Å². The number of aliphatic hydroxyl groups is 1. The van der Waals surface area contributed by atoms with Crippen molar-refractivity contribution >= 4 is 22.9 Å². The first-order valence-electron chi connectivity index (χ1n) is 10.6. The summed E-state index contributed by atoms with van der Waals surface area (Å²) in [5.74, 6) is 0.617. The van der Waals surface area contributed by atoms with Crippen LogP contribution < -0.4 is 10.2 Å². The van der Waals surface area contributed by atoms with E-state index in [2.05, 4.69) is 32.3 Å². The van der Waals surface area contributed by atoms with Crippen molar-refractivity contribution in [2.45, 2.75) is 51.9 Å². The molecule has 1 aliphatic heterocycles. The van der Waals surface area contributed by atoms with Crippen LogP contribution in [0, 0.1) is 0 Å². The number of fused-ring (bicyclic) bond motifs is 1. The van der Waals surface area contributed by atoms with Crippen LogP contribution in [0.2, 0.25) is 0 Å². The monoisotopic (exact) mass is 423 g/mol. The highest BCUT2D eigenvalue weighted by molar-refractivity contribution is 5.76. The number of aliphatic hydroxyl groups excluding tert-OH is 1. The predicted molar refractivity (Wildman–Crippen MR) is 120 cm³/mol. The number of amides is 1. The number of anilines is 1. The Labute approximate surface area is 181 Å². The lowest BCUT2D eigenvalue weighted by Gasteiger charge is -2.31. The number of nitrogens with one attached hydrogen (secondary N) is 2. The van der Waals surface area contributed by atoms with Crippen LogP contribution in [0.3, 0.4) is 0 Å². The van der Waals surface area contributed by atoms with Crippen LogP contribution >= 0.6 is 0 Å². The lowest BCUT2D eigenvalue weighted by molar-refractivity contribution is 0.0522. The Balaban J connectivity index is 1.48. The maximum atomic E-state index is 11.9. The number of hydrogen-bond acceptors (Lipinski definition) is 6. The maximum Gasteiger partial charge on any atom is 0.408 e. The van der Waals surface area contributed by atoms with Crippen LogP contribution in [-0.2, 0) is 11.3 Å². The van der Waals surface area contributed by atoms with E-state index in [9.17, 15) is 9.90 Å². The molecule has 8 heteroatoms. The third kappa shape index (κ3) is 5.32. The summed E-state index contributed by atoms with van der Waals surface area (Å²) >= 11 is 0. The van der Waals surface area contributed by atoms with Gasteiger partial charge in [0, 0.05) is 24.3 Å². The first kappa shape index (κ1) is 21.1. The van der Waals surface area contributed by atoms with E-state index in [1.807, 2.05) is 45.0 Å². The number of aromatic amines is 1. The Hall–Kier alpha value is -3.13. The lowest BCUT2D eigenvalue weighted by atomic mass is 10.1. The molecule has 1 amide bonds. The summed E-state index contributed by atoms with van der Waals surface area (Å²) in [7, 11) is 0. The van der Waals surface area contributed by atoms with Gasteiger partial charge in [-0.25, -0.2) is 14.8 Å². The van der Waals surface area contributed by atoms with Crippen molar-refractivity contribution in [2.75, 3.05) is 18.0 Å². The summed E-state index contributed by atoms with van der Waals surface area (Å²) < 4.78 is 5.25. The zero-order chi connectivity index (χ0) is 22.0. The SMILES string of the molecule is CC(C)(C)OC(=O)NCc1nc2ccc(-c3cccc(N4CCC(O)CC4)c3)nc2[nH]1. The number of pyridine rings is 1. The number of carbonyl (C=O) groups is 1. The first-order valence-corrected chi connectivity index (χ1v) is 10.6. The Kier molecular flexibility index (Phi) is 5.82. The van der Waals surface area contributed by atoms with Gasteiger partial charge in [0.15, 0.2) is 5.65 Å². The van der Waals surface area contributed by atoms with E-state index in [1.165, 1.54) is 0 Å². The van der Waals surface area contributed by atoms with Gasteiger partial charge in [-0.2, -0.15) is 0 Å². The molecule has 0 saturated carbocycles. The van der Waals surface area contributed by atoms with Gasteiger partial charge in [0.1, 0.15) is 16.9 Å². The second-order valence-corrected chi connectivity index (χ2v) is 8.87. The van der Waals surface area contributed by atoms with Crippen LogP contribution in [0.25, 0.3) is 22.4 Å². The van der Waals surface area contributed by atoms with Gasteiger partial charge in [-0.1, -0.05) is 12.1 Å². The van der Waals surface area contributed by atoms with Crippen molar-refractivity contribution in [3.05, 3.63) is 42.2 Å². The maximum absolute atomic E-state index is 11.9. The van der Waals surface area contributed by atoms with Gasteiger partial charge in [0.2, 0.25) is 0 Å². The van der Waals surface area contributed by atoms with Crippen molar-refractivity contribution in [2.24, 2.45) is 0 Å². The van der Waals surface area contributed by atoms with Crippen LogP contribution in [-0.4, -0.2) is 50.9 Å². The van der Waals surface area contributed by atoms with E-state index in [0.29, 0.717) is 11.5 Å². The Bertz CT molecular complexity index is 1060. The number of rotatable bonds is 4. The molecule has 0 bridgehead atoms. The molecule has 1 fully saturated rings. The number of hydrogen-bond donors (Lipinski definition) is 3. The number of carbonyl (C=O) groups excluding carboxylic acids is 1. The van der Waals surface area contributed by atoms with Gasteiger partial charge < -0.3 is 25.0 Å². The van der Waals surface area contributed by atoms with Crippen LogP contribution in [0.4, 0.5) is 10.5 Å². The second-order valence-electron chi connectivity index (χ2n) is 8.87. The fourth-order valence-corrected chi connectivity index (χ4v) is 3.64. The van der Waals surface area contributed by atoms with E-state index >= 15 is 0 Å². The largest absolute Gasteiger partial charge is 0.444 e. The molecular formula is C23H29N5O3. The highest BCUT2D eigenvalue weighted by atomic mass is 16.6. The second kappa shape index (κ2) is 8.55. The molecule has 0 atom stereocenters. The quantitative estimate of drug-likeness (QED) is 0.592. The number of imidazole rings is 1. The molecule has 3 aromatic rings. The molecule has 3 N–H and O–H groups in total. The van der Waals surface area contributed by atoms with Crippen molar-refractivity contribution in [3.8, 4) is 11.3 Å². The number of H-pyrrole nitrogens is 1. The molecule has 0 radical (unpaired) electrons. The van der Waals surface area contributed by atoms with Crippen LogP contribution in [0.1, 0.15) is 39.4 Å². The molecule has 0 aliphatic carbocycles. The Morgan fingerprint density at radius 1 is 1.23 bits per heavy atom. The van der Waals surface area contributed by atoms with Crippen molar-refractivity contribution in [3.63, 3.8) is 0 Å². The van der Waals surface area contributed by atoms with Gasteiger partial charge in [-0.3, -0.25) is 0 Å². The molecule has 164 valence electrons. The Morgan fingerprint density at radius 2 is 2.00 bits per heavy atom. The molecule has 4 rings (SSSR count). The standard InChI is InChI=1S/C23H29N5O3/c1-23(2,3)31-22(30)24-14-20-25-19-8-7-18(26-21(19)27-20)15-5-4-6-16(13-15)28-11-9-17(29)10-12-28/h4-8,13,17,29H,9-12,14H2,1-3H3,(H,24,30)(H,25,26,27). The van der Waals surface area contributed by atoms with Crippen LogP contribution in [0.15, 0.2) is 36.4 Å². The van der Waals surface area contributed by atoms with Gasteiger partial charge >= 0.3 is 6.09 Å². The first-order chi connectivity index (χ1) is 14.8. The molecule has 31 heavy (non-hydrogen) atoms. The number of ether oxygens (including phenoxy) is 1. The fraction of sp³-hybridized carbons (Fsp3) is 0.435. The van der Waals surface area contributed by atoms with Crippen molar-refractivity contribution in [1.82, 2.24) is 20.3 Å². The van der Waals surface area contributed by atoms with Crippen molar-refractivity contribution < 1.29 is 14.6 Å². The number of piperidine rings is 1. The molecule has 8 nitrogen and oxygen atoms in total. The topological polar surface area (TPSA) is 103 Å². The summed E-state index contributed by atoms with van der Waals surface area (Å²) in [6.45, 7) is 7.41. The normalized spacial score (nSPS) is 15.3. The number of benzene rings is 1. The molecule has 3 heterocycles. The zero-order valence-corrected chi connectivity index (χ0v) is 18.2. The van der Waals surface area contributed by atoms with Gasteiger partial charge in [-0.05, 0) is 57.9 Å². The molecule has 1 saturated heterocycles. The summed E-state index contributed by atoms with van der Waals surface area (Å²) in [6, 6.07) is 12.2. The highest BCUT2D eigenvalue weighted by Crippen LogP contribution is 2.27. The highest BCUT2D eigenvalue weighted by Gasteiger charge is 2.18. The summed E-state index contributed by atoms with van der Waals surface area (Å²) in [5.41, 5.74) is 3.88. The fourth-order valence-electron chi connectivity index (χ4n) is 3.64. The summed E-state index contributed by atoms with van der Waals surface area (Å²) in [4.78, 5) is 26.6. The van der Waals surface area contributed by atoms with E-state index in [0.717, 1.165) is 48.4 Å². The smallest absolute Gasteiger partial charge is 0.408 e. The van der Waals surface area contributed by atoms with Gasteiger partial charge in [-0.15, -0.1) is 0 Å². The minimum atomic E-state index is -0.545. The van der Waals surface area contributed by atoms with E-state index in [1.54, 1.807) is 0 Å². The third-order valence-electron chi connectivity index (χ3n) is 5.16. The molecule has 0 unspecified atom stereocenters. The minimum absolute atomic E-state index is 0.192. The predicted octanol–water partition coefficient (Wildman–Crippen LogP) is 3.61. The third-order valence-corrected chi connectivity index (χ3v) is 5.16. The van der Waals surface area contributed by atoms with Crippen molar-refractivity contribution in [1.29, 1.82) is 0 Å². The molecule has 0 spiro atoms. The average molecular weight is 424 g/mol. The van der Waals surface area contributed by atoms with E-state index in [-0.39, 0.29) is 12.6 Å². The number of aromatic nitrogens is 3. The van der Waals surface area contributed by atoms with Gasteiger partial charge in [0.05, 0.1) is 18.3 Å². The van der Waals surface area contributed by atoms with Gasteiger partial charge in [0.25, 0.3) is 0 Å². The summed E-state index contributed by atoms with van der Waals surface area (Å²) in [6.07, 6.45) is 0.914. The molecule has 1 aliphatic rings. The number of alkyl carbamates (subject to hydrolysis) is 1. The Morgan fingerprint density at radius 3 is 2.74 bits per heavy atom. The molecule has 1 aromatic carbocycles. The minimum Gasteiger partial charge on any atom is -0.444 e. The molecular weight excluding hydrogens is 394 g/mol. The average Bonchev–Trinajstić information content (AvgIpc) is 3.14. The van der Waals surface area contributed by atoms with E-state index in [4.69, 9.17) is 9.72 Å².